The summed E-state index contributed by atoms with van der Waals surface area (Å²) in [6.45, 7) is 8.30. The normalized spacial score (nSPS) is 12.8. The van der Waals surface area contributed by atoms with Gasteiger partial charge in [-0.25, -0.2) is 4.98 Å². The zero-order valence-corrected chi connectivity index (χ0v) is 11.8. The third-order valence-electron chi connectivity index (χ3n) is 3.00. The van der Waals surface area contributed by atoms with Gasteiger partial charge in [0.15, 0.2) is 0 Å². The van der Waals surface area contributed by atoms with E-state index in [2.05, 4.69) is 30.2 Å². The minimum Gasteiger partial charge on any atom is -0.394 e. The monoisotopic (exact) mass is 251 g/mol. The van der Waals surface area contributed by atoms with Crippen LogP contribution in [0.4, 0.5) is 5.82 Å². The number of aliphatic hydroxyl groups is 1. The molecule has 0 saturated heterocycles. The van der Waals surface area contributed by atoms with Crippen molar-refractivity contribution in [3.63, 3.8) is 0 Å². The van der Waals surface area contributed by atoms with Gasteiger partial charge in [-0.1, -0.05) is 19.9 Å². The van der Waals surface area contributed by atoms with Gasteiger partial charge in [0.2, 0.25) is 0 Å². The molecule has 18 heavy (non-hydrogen) atoms. The van der Waals surface area contributed by atoms with Crippen LogP contribution < -0.4 is 10.2 Å². The molecular formula is C14H25N3O. The van der Waals surface area contributed by atoms with E-state index in [1.165, 1.54) is 5.56 Å². The van der Waals surface area contributed by atoms with Crippen LogP contribution in [0.1, 0.15) is 26.3 Å². The predicted octanol–water partition coefficient (Wildman–Crippen LogP) is 1.64. The summed E-state index contributed by atoms with van der Waals surface area (Å²) in [5.74, 6) is 1.58. The molecule has 0 amide bonds. The maximum atomic E-state index is 9.22. The smallest absolute Gasteiger partial charge is 0.133 e. The van der Waals surface area contributed by atoms with E-state index in [9.17, 15) is 5.11 Å². The number of likely N-dealkylation sites (N-methyl/N-ethyl adjacent to an activating group) is 1. The van der Waals surface area contributed by atoms with Crippen molar-refractivity contribution in [1.29, 1.82) is 0 Å². The maximum Gasteiger partial charge on any atom is 0.133 e. The van der Waals surface area contributed by atoms with E-state index >= 15 is 0 Å². The molecule has 0 radical (unpaired) electrons. The Balaban J connectivity index is 2.73. The van der Waals surface area contributed by atoms with E-state index < -0.39 is 0 Å². The Kier molecular flexibility index (Phi) is 6.09. The highest BCUT2D eigenvalue weighted by Crippen LogP contribution is 2.17. The van der Waals surface area contributed by atoms with Gasteiger partial charge in [0.05, 0.1) is 12.6 Å². The van der Waals surface area contributed by atoms with Crippen LogP contribution in [0.5, 0.6) is 0 Å². The lowest BCUT2D eigenvalue weighted by Gasteiger charge is -2.26. The molecular weight excluding hydrogens is 226 g/mol. The Morgan fingerprint density at radius 1 is 1.39 bits per heavy atom. The van der Waals surface area contributed by atoms with Crippen LogP contribution in [0.3, 0.4) is 0 Å². The van der Waals surface area contributed by atoms with Crippen molar-refractivity contribution >= 4 is 5.82 Å². The summed E-state index contributed by atoms with van der Waals surface area (Å²) in [6, 6.07) is 4.10. The molecule has 0 aliphatic heterocycles. The topological polar surface area (TPSA) is 48.4 Å². The standard InChI is InChI=1S/C14H25N3O/c1-11(2)8-15-9-13-6-5-7-16-14(13)17(4)12(3)10-18/h5-7,11-12,15,18H,8-10H2,1-4H3. The molecule has 1 atom stereocenters. The fraction of sp³-hybridized carbons (Fsp3) is 0.643. The van der Waals surface area contributed by atoms with E-state index in [4.69, 9.17) is 0 Å². The molecule has 102 valence electrons. The molecule has 0 bridgehead atoms. The summed E-state index contributed by atoms with van der Waals surface area (Å²) < 4.78 is 0. The molecule has 1 rings (SSSR count). The first-order chi connectivity index (χ1) is 8.56. The molecule has 4 nitrogen and oxygen atoms in total. The lowest BCUT2D eigenvalue weighted by atomic mass is 10.2. The van der Waals surface area contributed by atoms with E-state index in [-0.39, 0.29) is 12.6 Å². The lowest BCUT2D eigenvalue weighted by molar-refractivity contribution is 0.269. The van der Waals surface area contributed by atoms with E-state index in [1.807, 2.05) is 24.9 Å². The predicted molar refractivity (Wildman–Crippen MR) is 75.7 cm³/mol. The van der Waals surface area contributed by atoms with Gasteiger partial charge in [0.25, 0.3) is 0 Å². The second-order valence-corrected chi connectivity index (χ2v) is 5.15. The molecule has 1 unspecified atom stereocenters. The molecule has 1 aromatic rings. The van der Waals surface area contributed by atoms with Crippen molar-refractivity contribution in [2.75, 3.05) is 25.1 Å². The number of nitrogens with zero attached hydrogens (tertiary/aromatic N) is 2. The summed E-state index contributed by atoms with van der Waals surface area (Å²) in [5.41, 5.74) is 1.17. The number of pyridine rings is 1. The van der Waals surface area contributed by atoms with Crippen LogP contribution in [0, 0.1) is 5.92 Å². The Morgan fingerprint density at radius 3 is 2.72 bits per heavy atom. The highest BCUT2D eigenvalue weighted by Gasteiger charge is 2.13. The van der Waals surface area contributed by atoms with Gasteiger partial charge in [-0.05, 0) is 25.5 Å². The van der Waals surface area contributed by atoms with Crippen LogP contribution in [0.2, 0.25) is 0 Å². The van der Waals surface area contributed by atoms with Crippen molar-refractivity contribution < 1.29 is 5.11 Å². The molecule has 0 spiro atoms. The number of hydrogen-bond donors (Lipinski definition) is 2. The van der Waals surface area contributed by atoms with Crippen LogP contribution >= 0.6 is 0 Å². The minimum atomic E-state index is 0.0729. The zero-order valence-electron chi connectivity index (χ0n) is 11.8. The van der Waals surface area contributed by atoms with Crippen molar-refractivity contribution in [3.8, 4) is 0 Å². The van der Waals surface area contributed by atoms with E-state index in [0.717, 1.165) is 18.9 Å². The highest BCUT2D eigenvalue weighted by atomic mass is 16.3. The van der Waals surface area contributed by atoms with Crippen molar-refractivity contribution in [3.05, 3.63) is 23.9 Å². The number of hydrogen-bond acceptors (Lipinski definition) is 4. The molecule has 2 N–H and O–H groups in total. The number of rotatable bonds is 7. The van der Waals surface area contributed by atoms with Crippen molar-refractivity contribution in [2.45, 2.75) is 33.4 Å². The SMILES string of the molecule is CC(C)CNCc1cccnc1N(C)C(C)CO. The summed E-state index contributed by atoms with van der Waals surface area (Å²) in [5, 5.41) is 12.6. The molecule has 1 heterocycles. The average molecular weight is 251 g/mol. The largest absolute Gasteiger partial charge is 0.394 e. The van der Waals surface area contributed by atoms with Crippen LogP contribution in [-0.2, 0) is 6.54 Å². The number of aromatic nitrogens is 1. The summed E-state index contributed by atoms with van der Waals surface area (Å²) >= 11 is 0. The number of aliphatic hydroxyl groups excluding tert-OH is 1. The maximum absolute atomic E-state index is 9.22. The second kappa shape index (κ2) is 7.34. The number of anilines is 1. The Labute approximate surface area is 110 Å². The van der Waals surface area contributed by atoms with Crippen molar-refractivity contribution in [1.82, 2.24) is 10.3 Å². The van der Waals surface area contributed by atoms with E-state index in [1.54, 1.807) is 6.20 Å². The Bertz CT molecular complexity index is 355. The summed E-state index contributed by atoms with van der Waals surface area (Å²) in [4.78, 5) is 6.44. The average Bonchev–Trinajstić information content (AvgIpc) is 2.37. The first-order valence-corrected chi connectivity index (χ1v) is 6.54. The van der Waals surface area contributed by atoms with Gasteiger partial charge in [-0.2, -0.15) is 0 Å². The molecule has 1 aromatic heterocycles. The number of nitrogens with one attached hydrogen (secondary N) is 1. The Hall–Kier alpha value is -1.13. The second-order valence-electron chi connectivity index (χ2n) is 5.15. The van der Waals surface area contributed by atoms with Gasteiger partial charge < -0.3 is 15.3 Å². The lowest BCUT2D eigenvalue weighted by Crippen LogP contribution is -2.33. The first-order valence-electron chi connectivity index (χ1n) is 6.54. The van der Waals surface area contributed by atoms with E-state index in [0.29, 0.717) is 5.92 Å². The highest BCUT2D eigenvalue weighted by molar-refractivity contribution is 5.46. The Morgan fingerprint density at radius 2 is 2.11 bits per heavy atom. The van der Waals surface area contributed by atoms with Gasteiger partial charge >= 0.3 is 0 Å². The van der Waals surface area contributed by atoms with Crippen molar-refractivity contribution in [2.24, 2.45) is 5.92 Å². The van der Waals surface area contributed by atoms with Gasteiger partial charge in [-0.15, -0.1) is 0 Å². The fourth-order valence-electron chi connectivity index (χ4n) is 1.71. The van der Waals surface area contributed by atoms with Gasteiger partial charge in [0.1, 0.15) is 5.82 Å². The zero-order chi connectivity index (χ0) is 13.5. The fourth-order valence-corrected chi connectivity index (χ4v) is 1.71. The summed E-state index contributed by atoms with van der Waals surface area (Å²) in [7, 11) is 1.97. The molecule has 0 aliphatic carbocycles. The first kappa shape index (κ1) is 14.9. The molecule has 4 heteroatoms. The van der Waals surface area contributed by atoms with Crippen LogP contribution in [-0.4, -0.2) is 36.3 Å². The van der Waals surface area contributed by atoms with Gasteiger partial charge in [-0.3, -0.25) is 0 Å². The third kappa shape index (κ3) is 4.27. The minimum absolute atomic E-state index is 0.0729. The summed E-state index contributed by atoms with van der Waals surface area (Å²) in [6.07, 6.45) is 1.79. The third-order valence-corrected chi connectivity index (χ3v) is 3.00. The quantitative estimate of drug-likeness (QED) is 0.773. The van der Waals surface area contributed by atoms with Crippen LogP contribution in [0.25, 0.3) is 0 Å². The molecule has 0 aliphatic rings. The van der Waals surface area contributed by atoms with Crippen LogP contribution in [0.15, 0.2) is 18.3 Å². The molecule has 0 fully saturated rings. The molecule has 0 aromatic carbocycles. The van der Waals surface area contributed by atoms with Gasteiger partial charge in [0, 0.05) is 25.4 Å². The molecule has 0 saturated carbocycles.